The standard InChI is InChI=1S/C20H19N3O2/c1-23-18(20(21)25)12-17(22-23)16(13-24)19(14-8-4-2-5-9-14)15-10-6-3-7-11-15/h2-13,16,19H,1H3,(H2,21,25). The molecule has 5 nitrogen and oxygen atoms in total. The number of rotatable bonds is 6. The summed E-state index contributed by atoms with van der Waals surface area (Å²) in [5.74, 6) is -1.29. The number of carbonyl (C=O) groups excluding carboxylic acids is 2. The summed E-state index contributed by atoms with van der Waals surface area (Å²) in [4.78, 5) is 23.5. The smallest absolute Gasteiger partial charge is 0.266 e. The third kappa shape index (κ3) is 3.35. The Balaban J connectivity index is 2.12. The SMILES string of the molecule is Cn1nc(C(C=O)C(c2ccccc2)c2ccccc2)cc1C(N)=O. The van der Waals surface area contributed by atoms with Gasteiger partial charge in [-0.25, -0.2) is 0 Å². The highest BCUT2D eigenvalue weighted by atomic mass is 16.1. The molecule has 0 aliphatic heterocycles. The van der Waals surface area contributed by atoms with Crippen molar-refractivity contribution in [3.63, 3.8) is 0 Å². The van der Waals surface area contributed by atoms with E-state index in [1.165, 1.54) is 4.68 Å². The fraction of sp³-hybridized carbons (Fsp3) is 0.150. The van der Waals surface area contributed by atoms with Gasteiger partial charge in [0.2, 0.25) is 0 Å². The van der Waals surface area contributed by atoms with Gasteiger partial charge in [-0.2, -0.15) is 5.10 Å². The molecule has 0 saturated carbocycles. The lowest BCUT2D eigenvalue weighted by Gasteiger charge is -2.23. The highest BCUT2D eigenvalue weighted by Gasteiger charge is 2.29. The van der Waals surface area contributed by atoms with Crippen LogP contribution in [0.2, 0.25) is 0 Å². The molecule has 1 unspecified atom stereocenters. The van der Waals surface area contributed by atoms with Crippen molar-refractivity contribution < 1.29 is 9.59 Å². The van der Waals surface area contributed by atoms with Gasteiger partial charge in [-0.05, 0) is 17.2 Å². The van der Waals surface area contributed by atoms with E-state index in [4.69, 9.17) is 5.73 Å². The number of nitrogens with zero attached hydrogens (tertiary/aromatic N) is 2. The molecule has 5 heteroatoms. The number of aromatic nitrogens is 2. The van der Waals surface area contributed by atoms with Crippen molar-refractivity contribution in [1.82, 2.24) is 9.78 Å². The largest absolute Gasteiger partial charge is 0.364 e. The number of aryl methyl sites for hydroxylation is 1. The normalized spacial score (nSPS) is 12.1. The van der Waals surface area contributed by atoms with E-state index in [2.05, 4.69) is 5.10 Å². The van der Waals surface area contributed by atoms with Crippen molar-refractivity contribution in [1.29, 1.82) is 0 Å². The predicted octanol–water partition coefficient (Wildman–Crippen LogP) is 2.63. The molecule has 3 aromatic rings. The van der Waals surface area contributed by atoms with E-state index in [1.54, 1.807) is 13.1 Å². The number of nitrogens with two attached hydrogens (primary N) is 1. The number of aldehydes is 1. The topological polar surface area (TPSA) is 78.0 Å². The average molecular weight is 333 g/mol. The number of primary amides is 1. The maximum Gasteiger partial charge on any atom is 0.266 e. The third-order valence-electron chi connectivity index (χ3n) is 4.32. The Labute approximate surface area is 146 Å². The molecule has 0 aliphatic rings. The van der Waals surface area contributed by atoms with E-state index in [0.29, 0.717) is 5.69 Å². The molecule has 0 fully saturated rings. The fourth-order valence-electron chi connectivity index (χ4n) is 3.13. The summed E-state index contributed by atoms with van der Waals surface area (Å²) in [6.07, 6.45) is 0.887. The lowest BCUT2D eigenvalue weighted by molar-refractivity contribution is -0.109. The Kier molecular flexibility index (Phi) is 4.75. The molecule has 25 heavy (non-hydrogen) atoms. The quantitative estimate of drug-likeness (QED) is 0.704. The van der Waals surface area contributed by atoms with Crippen LogP contribution in [0.25, 0.3) is 0 Å². The van der Waals surface area contributed by atoms with Gasteiger partial charge >= 0.3 is 0 Å². The molecule has 1 heterocycles. The summed E-state index contributed by atoms with van der Waals surface area (Å²) in [6.45, 7) is 0. The minimum absolute atomic E-state index is 0.199. The summed E-state index contributed by atoms with van der Waals surface area (Å²) in [5.41, 5.74) is 8.21. The zero-order valence-electron chi connectivity index (χ0n) is 13.9. The summed E-state index contributed by atoms with van der Waals surface area (Å²) >= 11 is 0. The van der Waals surface area contributed by atoms with Gasteiger partial charge < -0.3 is 10.5 Å². The average Bonchev–Trinajstić information content (AvgIpc) is 3.02. The molecular formula is C20H19N3O2. The summed E-state index contributed by atoms with van der Waals surface area (Å²) in [5, 5.41) is 4.36. The van der Waals surface area contributed by atoms with Gasteiger partial charge in [-0.15, -0.1) is 0 Å². The first-order chi connectivity index (χ1) is 12.1. The van der Waals surface area contributed by atoms with Crippen LogP contribution in [0.5, 0.6) is 0 Å². The Morgan fingerprint density at radius 2 is 1.56 bits per heavy atom. The van der Waals surface area contributed by atoms with E-state index >= 15 is 0 Å². The highest BCUT2D eigenvalue weighted by Crippen LogP contribution is 2.36. The molecule has 3 rings (SSSR count). The Morgan fingerprint density at radius 3 is 1.96 bits per heavy atom. The summed E-state index contributed by atoms with van der Waals surface area (Å²) < 4.78 is 1.42. The molecule has 2 N–H and O–H groups in total. The van der Waals surface area contributed by atoms with E-state index in [9.17, 15) is 9.59 Å². The van der Waals surface area contributed by atoms with Crippen LogP contribution in [-0.2, 0) is 11.8 Å². The van der Waals surface area contributed by atoms with Crippen LogP contribution in [0.15, 0.2) is 66.7 Å². The van der Waals surface area contributed by atoms with E-state index < -0.39 is 11.8 Å². The van der Waals surface area contributed by atoms with Crippen molar-refractivity contribution >= 4 is 12.2 Å². The lowest BCUT2D eigenvalue weighted by Crippen LogP contribution is -2.15. The van der Waals surface area contributed by atoms with Crippen molar-refractivity contribution in [3.8, 4) is 0 Å². The zero-order valence-corrected chi connectivity index (χ0v) is 13.9. The lowest BCUT2D eigenvalue weighted by atomic mass is 9.80. The Bertz CT molecular complexity index is 833. The minimum atomic E-state index is -0.568. The molecule has 126 valence electrons. The van der Waals surface area contributed by atoms with Crippen molar-refractivity contribution in [3.05, 3.63) is 89.2 Å². The van der Waals surface area contributed by atoms with E-state index in [0.717, 1.165) is 17.4 Å². The van der Waals surface area contributed by atoms with Gasteiger partial charge in [0.25, 0.3) is 5.91 Å². The first-order valence-electron chi connectivity index (χ1n) is 8.00. The van der Waals surface area contributed by atoms with E-state index in [1.807, 2.05) is 60.7 Å². The number of benzene rings is 2. The van der Waals surface area contributed by atoms with Crippen LogP contribution in [-0.4, -0.2) is 22.0 Å². The number of hydrogen-bond donors (Lipinski definition) is 1. The monoisotopic (exact) mass is 333 g/mol. The van der Waals surface area contributed by atoms with Gasteiger partial charge in [0.15, 0.2) is 0 Å². The number of hydrogen-bond acceptors (Lipinski definition) is 3. The second-order valence-electron chi connectivity index (χ2n) is 5.90. The Hall–Kier alpha value is -3.21. The van der Waals surface area contributed by atoms with Crippen molar-refractivity contribution in [2.24, 2.45) is 12.8 Å². The van der Waals surface area contributed by atoms with Crippen LogP contribution in [0, 0.1) is 0 Å². The first kappa shape index (κ1) is 16.6. The summed E-state index contributed by atoms with van der Waals surface area (Å²) in [6, 6.07) is 21.2. The highest BCUT2D eigenvalue weighted by molar-refractivity contribution is 5.91. The third-order valence-corrected chi connectivity index (χ3v) is 4.32. The van der Waals surface area contributed by atoms with Crippen LogP contribution in [0.4, 0.5) is 0 Å². The van der Waals surface area contributed by atoms with Gasteiger partial charge in [-0.1, -0.05) is 60.7 Å². The maximum absolute atomic E-state index is 12.0. The molecule has 1 aromatic heterocycles. The molecule has 0 saturated heterocycles. The first-order valence-corrected chi connectivity index (χ1v) is 8.00. The zero-order chi connectivity index (χ0) is 17.8. The molecule has 1 amide bonds. The fourth-order valence-corrected chi connectivity index (χ4v) is 3.13. The summed E-state index contributed by atoms with van der Waals surface area (Å²) in [7, 11) is 1.64. The molecule has 0 spiro atoms. The predicted molar refractivity (Wildman–Crippen MR) is 95.3 cm³/mol. The van der Waals surface area contributed by atoms with Gasteiger partial charge in [0.1, 0.15) is 12.0 Å². The number of amides is 1. The van der Waals surface area contributed by atoms with Crippen molar-refractivity contribution in [2.45, 2.75) is 11.8 Å². The molecule has 0 aliphatic carbocycles. The van der Waals surface area contributed by atoms with Crippen LogP contribution in [0.1, 0.15) is 39.1 Å². The van der Waals surface area contributed by atoms with E-state index in [-0.39, 0.29) is 11.6 Å². The Morgan fingerprint density at radius 1 is 1.04 bits per heavy atom. The van der Waals surface area contributed by atoms with Gasteiger partial charge in [-0.3, -0.25) is 9.48 Å². The molecule has 2 aromatic carbocycles. The van der Waals surface area contributed by atoms with Gasteiger partial charge in [0.05, 0.1) is 11.6 Å². The molecule has 0 bridgehead atoms. The molecular weight excluding hydrogens is 314 g/mol. The molecule has 1 atom stereocenters. The number of carbonyl (C=O) groups is 2. The minimum Gasteiger partial charge on any atom is -0.364 e. The van der Waals surface area contributed by atoms with Crippen molar-refractivity contribution in [2.75, 3.05) is 0 Å². The van der Waals surface area contributed by atoms with Gasteiger partial charge in [0, 0.05) is 13.0 Å². The maximum atomic E-state index is 12.0. The van der Waals surface area contributed by atoms with Crippen LogP contribution < -0.4 is 5.73 Å². The second-order valence-corrected chi connectivity index (χ2v) is 5.90. The van der Waals surface area contributed by atoms with Crippen LogP contribution in [0.3, 0.4) is 0 Å². The van der Waals surface area contributed by atoms with Crippen LogP contribution >= 0.6 is 0 Å². The molecule has 0 radical (unpaired) electrons. The second kappa shape index (κ2) is 7.13.